The number of fused-ring (bicyclic) bond motifs is 3. The van der Waals surface area contributed by atoms with Gasteiger partial charge in [0, 0.05) is 35.0 Å². The van der Waals surface area contributed by atoms with Crippen molar-refractivity contribution in [2.45, 2.75) is 189 Å². The van der Waals surface area contributed by atoms with Gasteiger partial charge in [-0.25, -0.2) is 39.6 Å². The van der Waals surface area contributed by atoms with Crippen LogP contribution in [0.1, 0.15) is 111 Å². The van der Waals surface area contributed by atoms with Gasteiger partial charge in [0.25, 0.3) is 0 Å². The number of ether oxygens (including phenoxy) is 7. The van der Waals surface area contributed by atoms with Crippen LogP contribution in [-0.2, 0) is 130 Å². The van der Waals surface area contributed by atoms with Gasteiger partial charge in [-0.3, -0.25) is 19.2 Å². The predicted molar refractivity (Wildman–Crippen MR) is 505 cm³/mol. The first-order valence-corrected chi connectivity index (χ1v) is 52.7. The maximum atomic E-state index is 13.3. The van der Waals surface area contributed by atoms with E-state index in [0.717, 1.165) is 38.5 Å². The molecule has 8 aliphatic carbocycles. The van der Waals surface area contributed by atoms with Crippen LogP contribution in [0, 0.1) is 58.7 Å². The number of hydrogen-bond acceptors (Lipinski definition) is 23. The smallest absolute Gasteiger partial charge is 0.367 e. The summed E-state index contributed by atoms with van der Waals surface area (Å²) in [6.45, 7) is 11.9. The lowest BCUT2D eigenvalue weighted by Gasteiger charge is -2.59. The van der Waals surface area contributed by atoms with Crippen LogP contribution in [0.5, 0.6) is 0 Å². The molecule has 18 rings (SSSR count). The maximum absolute atomic E-state index is 13.3. The first-order chi connectivity index (χ1) is 65.9. The van der Waals surface area contributed by atoms with Gasteiger partial charge in [-0.1, -0.05) is 203 Å². The zero-order valence-corrected chi connectivity index (χ0v) is 81.5. The zero-order chi connectivity index (χ0) is 101. The molecule has 139 heavy (non-hydrogen) atoms. The Morgan fingerprint density at radius 3 is 1.06 bits per heavy atom. The second-order valence-corrected chi connectivity index (χ2v) is 45.7. The van der Waals surface area contributed by atoms with Gasteiger partial charge in [0.1, 0.15) is 29.6 Å². The Kier molecular flexibility index (Phi) is 37.3. The molecule has 8 bridgehead atoms. The average Bonchev–Trinajstić information content (AvgIpc) is 1.57. The monoisotopic (exact) mass is 2030 g/mol. The molecule has 9 aromatic rings. The van der Waals surface area contributed by atoms with E-state index in [9.17, 15) is 98.8 Å². The van der Waals surface area contributed by atoms with Gasteiger partial charge in [-0.2, -0.15) is 26.3 Å². The third-order valence-electron chi connectivity index (χ3n) is 24.6. The van der Waals surface area contributed by atoms with Crippen LogP contribution < -0.4 is 0 Å². The minimum atomic E-state index is -6.01. The molecule has 9 aliphatic rings. The third-order valence-corrected chi connectivity index (χ3v) is 33.9. The number of rotatable bonds is 28. The van der Waals surface area contributed by atoms with Crippen molar-refractivity contribution < 1.29 is 132 Å². The Morgan fingerprint density at radius 1 is 0.417 bits per heavy atom. The summed E-state index contributed by atoms with van der Waals surface area (Å²) < 4.78 is 207. The van der Waals surface area contributed by atoms with Crippen molar-refractivity contribution >= 4 is 105 Å². The van der Waals surface area contributed by atoms with E-state index < -0.39 is 155 Å². The van der Waals surface area contributed by atoms with Crippen LogP contribution >= 0.6 is 0 Å². The lowest BCUT2D eigenvalue weighted by Crippen LogP contribution is -2.60. The van der Waals surface area contributed by atoms with Gasteiger partial charge in [0.2, 0.25) is 0 Å². The second-order valence-electron chi connectivity index (χ2n) is 35.1. The summed E-state index contributed by atoms with van der Waals surface area (Å²) in [5, 5.41) is -14.0. The topological polar surface area (TPSA) is 356 Å². The highest BCUT2D eigenvalue weighted by molar-refractivity contribution is 7.97. The Morgan fingerprint density at radius 2 is 0.748 bits per heavy atom. The van der Waals surface area contributed by atoms with Crippen molar-refractivity contribution in [3.05, 3.63) is 309 Å². The molecule has 35 heteroatoms. The van der Waals surface area contributed by atoms with Crippen molar-refractivity contribution in [3.8, 4) is 0 Å². The summed E-state index contributed by atoms with van der Waals surface area (Å²) in [6, 6.07) is 96.5. The fourth-order valence-electron chi connectivity index (χ4n) is 18.8. The predicted octanol–water partition coefficient (Wildman–Crippen LogP) is 19.4. The summed E-state index contributed by atoms with van der Waals surface area (Å²) in [7, 11) is -17.8. The third kappa shape index (κ3) is 28.2. The van der Waals surface area contributed by atoms with Gasteiger partial charge in [0.15, 0.2) is 94.2 Å². The molecule has 0 radical (unpaired) electrons. The molecule has 1 saturated heterocycles. The van der Waals surface area contributed by atoms with Crippen molar-refractivity contribution in [3.63, 3.8) is 0 Å². The van der Waals surface area contributed by atoms with Crippen LogP contribution in [0.15, 0.2) is 354 Å². The van der Waals surface area contributed by atoms with E-state index in [1.54, 1.807) is 6.92 Å². The lowest BCUT2D eigenvalue weighted by molar-refractivity contribution is -0.212. The van der Waals surface area contributed by atoms with Gasteiger partial charge < -0.3 is 46.8 Å². The number of esters is 7. The minimum absolute atomic E-state index is 0.0146. The second kappa shape index (κ2) is 47.9. The highest BCUT2D eigenvalue weighted by atomic mass is 32.2. The number of carbonyl (C=O) groups excluding carboxylic acids is 7. The van der Waals surface area contributed by atoms with E-state index in [2.05, 4.69) is 307 Å². The number of halogens is 6. The summed E-state index contributed by atoms with van der Waals surface area (Å²) in [4.78, 5) is 95.3. The molecule has 23 nitrogen and oxygen atoms in total. The summed E-state index contributed by atoms with van der Waals surface area (Å²) >= 11 is 0. The molecule has 1 aliphatic heterocycles. The molecule has 0 amide bonds. The van der Waals surface area contributed by atoms with Crippen LogP contribution in [0.25, 0.3) is 0 Å². The standard InChI is InChI=1S/3C18H15S.C17H22F2O7S.C15H16F2O9S.C11H16F2O5S.C7H12O2/c3*1-4-10-16(11-5-1)19(17-12-6-2-7-13-17)18-14-8-3-9-15-18;1-10(2)13(20)26-16-6-11-3-12(7-16)5-15(4-11,8-16)14(21)25-9-17(18,19)27(22,23)24;1-5(2)12(18)25-11-6-3-7-9(11)14(20)26-10(7)8(6)13(19)24-4-15(16,17)27(21,22)23;12-11(13,19(15,16)17)6-18-10(14)9-5-7-2-1-3-8(9)4-7;1-4-5-9-7(8)6(2)3/h3*1-15H;11-12H,1,3-9H2,2H3,(H,22,23,24);6-11H,1,3-4H2,2H3,(H,21,22,23);7-9H,1-6H2,(H,15,16,17);2,4-5H2,1,3H3/q3*+1;;;;/p-3. The van der Waals surface area contributed by atoms with Crippen molar-refractivity contribution in [2.24, 2.45) is 58.7 Å². The molecule has 11 unspecified atom stereocenters. The molecule has 740 valence electrons. The normalized spacial score (nSPS) is 22.6. The first kappa shape index (κ1) is 108. The molecule has 8 saturated carbocycles. The molecule has 1 heterocycles. The van der Waals surface area contributed by atoms with Crippen LogP contribution in [-0.4, -0.2) is 141 Å². The SMILES string of the molecule is C=C(C)C(=O)OC12CC3CC(C1)CC(C(=O)OCC(F)(F)S(=O)(=O)[O-])(C3)C2.C=C(C)C(=O)OC1C2CC3C(OC(=O)C31)C2C(=O)OCC(F)(F)S(=O)(=O)[O-].C=C(C)C(=O)OCCC.O=C(OCC(F)(F)S(=O)(=O)[O-])C1CC2CCCC1C2.c1ccc([S+](c2ccccc2)c2ccccc2)cc1.c1ccc([S+](c2ccccc2)c2ccccc2)cc1.c1ccc([S+](c2ccccc2)c2ccccc2)cc1. The van der Waals surface area contributed by atoms with Crippen molar-refractivity contribution in [1.29, 1.82) is 0 Å². The van der Waals surface area contributed by atoms with Gasteiger partial charge >= 0.3 is 57.5 Å². The van der Waals surface area contributed by atoms with Crippen molar-refractivity contribution in [1.82, 2.24) is 0 Å². The Hall–Kier alpha value is -11.2. The van der Waals surface area contributed by atoms with Gasteiger partial charge in [-0.15, -0.1) is 0 Å². The summed E-state index contributed by atoms with van der Waals surface area (Å²) in [6.07, 6.45) is 6.60. The zero-order valence-electron chi connectivity index (χ0n) is 76.6. The first-order valence-electron chi connectivity index (χ1n) is 44.8. The van der Waals surface area contributed by atoms with Crippen molar-refractivity contribution in [2.75, 3.05) is 26.4 Å². The Balaban J connectivity index is 0.000000158. The number of hydrogen-bond donors (Lipinski definition) is 0. The van der Waals surface area contributed by atoms with E-state index in [1.165, 1.54) is 57.9 Å². The number of carbonyl (C=O) groups is 7. The summed E-state index contributed by atoms with van der Waals surface area (Å²) in [5.41, 5.74) is -1.22. The number of alkyl halides is 6. The number of benzene rings is 9. The molecule has 0 spiro atoms. The highest BCUT2D eigenvalue weighted by Gasteiger charge is 2.71. The van der Waals surface area contributed by atoms with E-state index in [0.29, 0.717) is 50.2 Å². The maximum Gasteiger partial charge on any atom is 0.367 e. The molecule has 0 N–H and O–H groups in total. The molecule has 0 aromatic heterocycles. The minimum Gasteiger partial charge on any atom is -0.743 e. The fourth-order valence-corrected chi connectivity index (χ4v) is 25.8. The van der Waals surface area contributed by atoms with E-state index >= 15 is 0 Å². The quantitative estimate of drug-likeness (QED) is 0.0110. The summed E-state index contributed by atoms with van der Waals surface area (Å²) in [5.74, 6) is -8.16. The van der Waals surface area contributed by atoms with Crippen LogP contribution in [0.4, 0.5) is 26.3 Å². The lowest BCUT2D eigenvalue weighted by atomic mass is 9.48. The van der Waals surface area contributed by atoms with Gasteiger partial charge in [0.05, 0.1) is 50.6 Å². The van der Waals surface area contributed by atoms with Gasteiger partial charge in [-0.05, 0) is 218 Å². The van der Waals surface area contributed by atoms with Crippen LogP contribution in [0.3, 0.4) is 0 Å². The van der Waals surface area contributed by atoms with Crippen LogP contribution in [0.2, 0.25) is 0 Å². The largest absolute Gasteiger partial charge is 0.743 e. The molecule has 11 atom stereocenters. The van der Waals surface area contributed by atoms with E-state index in [-0.39, 0.29) is 80.4 Å². The average molecular weight is 2030 g/mol. The molecular weight excluding hydrogens is 1920 g/mol. The molecule has 9 fully saturated rings. The van der Waals surface area contributed by atoms with E-state index in [1.807, 2.05) is 6.92 Å². The highest BCUT2D eigenvalue weighted by Crippen LogP contribution is 2.64. The Labute approximate surface area is 814 Å². The van der Waals surface area contributed by atoms with E-state index in [4.69, 9.17) is 18.9 Å². The Bertz CT molecular complexity index is 5500. The molecular formula is C104H108F6O23S6. The fraction of sp³-hybridized carbons (Fsp3) is 0.356. The molecule has 9 aromatic carbocycles.